The van der Waals surface area contributed by atoms with Gasteiger partial charge in [0, 0.05) is 27.9 Å². The summed E-state index contributed by atoms with van der Waals surface area (Å²) in [4.78, 5) is 15.8. The van der Waals surface area contributed by atoms with Crippen LogP contribution < -0.4 is 9.21 Å². The maximum Gasteiger partial charge on any atom is 0.268 e. The SMILES string of the molecule is C[C@@H]1Cc2cc(Br)ccc2N1C(=O)c1cc2cc(N(C)S(C)(=O)=O)ccc2s1. The Kier molecular flexibility index (Phi) is 4.76. The number of sulfonamides is 1. The van der Waals surface area contributed by atoms with Crippen LogP contribution in [0, 0.1) is 0 Å². The fourth-order valence-corrected chi connectivity index (χ4v) is 5.44. The Morgan fingerprint density at radius 1 is 1.21 bits per heavy atom. The van der Waals surface area contributed by atoms with Gasteiger partial charge in [-0.1, -0.05) is 15.9 Å². The normalized spacial score (nSPS) is 16.4. The van der Waals surface area contributed by atoms with E-state index in [-0.39, 0.29) is 11.9 Å². The third-order valence-corrected chi connectivity index (χ3v) is 7.85. The number of fused-ring (bicyclic) bond motifs is 2. The van der Waals surface area contributed by atoms with Gasteiger partial charge < -0.3 is 4.90 Å². The predicted octanol–water partition coefficient (Wildman–Crippen LogP) is 4.65. The minimum atomic E-state index is -3.33. The maximum atomic E-state index is 13.3. The lowest BCUT2D eigenvalue weighted by Gasteiger charge is -2.22. The molecule has 1 aromatic heterocycles. The molecular formula is C20H19BrN2O3S2. The van der Waals surface area contributed by atoms with Crippen molar-refractivity contribution in [3.05, 3.63) is 57.4 Å². The number of rotatable bonds is 3. The molecule has 146 valence electrons. The molecule has 0 bridgehead atoms. The van der Waals surface area contributed by atoms with E-state index in [2.05, 4.69) is 28.9 Å². The van der Waals surface area contributed by atoms with Gasteiger partial charge in [-0.2, -0.15) is 0 Å². The molecule has 0 radical (unpaired) electrons. The van der Waals surface area contributed by atoms with Crippen LogP contribution in [0.1, 0.15) is 22.2 Å². The van der Waals surface area contributed by atoms with Gasteiger partial charge in [0.15, 0.2) is 0 Å². The second-order valence-corrected chi connectivity index (χ2v) is 11.1. The average molecular weight is 479 g/mol. The van der Waals surface area contributed by atoms with Crippen molar-refractivity contribution in [2.75, 3.05) is 22.5 Å². The Hall–Kier alpha value is -1.90. The van der Waals surface area contributed by atoms with E-state index >= 15 is 0 Å². The van der Waals surface area contributed by atoms with Crippen LogP contribution in [0.5, 0.6) is 0 Å². The van der Waals surface area contributed by atoms with Gasteiger partial charge >= 0.3 is 0 Å². The van der Waals surface area contributed by atoms with E-state index < -0.39 is 10.0 Å². The Morgan fingerprint density at radius 2 is 1.96 bits per heavy atom. The summed E-state index contributed by atoms with van der Waals surface area (Å²) in [5.41, 5.74) is 2.69. The van der Waals surface area contributed by atoms with Crippen LogP contribution in [0.25, 0.3) is 10.1 Å². The van der Waals surface area contributed by atoms with Crippen LogP contribution in [-0.2, 0) is 16.4 Å². The van der Waals surface area contributed by atoms with Crippen LogP contribution in [0.3, 0.4) is 0 Å². The first kappa shape index (κ1) is 19.4. The molecule has 0 spiro atoms. The van der Waals surface area contributed by atoms with Crippen LogP contribution in [-0.4, -0.2) is 33.7 Å². The topological polar surface area (TPSA) is 57.7 Å². The summed E-state index contributed by atoms with van der Waals surface area (Å²) >= 11 is 4.93. The molecule has 0 N–H and O–H groups in total. The third kappa shape index (κ3) is 3.33. The number of anilines is 2. The van der Waals surface area contributed by atoms with Crippen LogP contribution >= 0.6 is 27.3 Å². The molecule has 3 aromatic rings. The Labute approximate surface area is 176 Å². The highest BCUT2D eigenvalue weighted by atomic mass is 79.9. The first-order chi connectivity index (χ1) is 13.1. The molecular weight excluding hydrogens is 460 g/mol. The summed E-state index contributed by atoms with van der Waals surface area (Å²) in [5, 5.41) is 0.865. The summed E-state index contributed by atoms with van der Waals surface area (Å²) in [5.74, 6) is -0.0206. The number of halogens is 1. The zero-order valence-corrected chi connectivity index (χ0v) is 18.9. The number of nitrogens with zero attached hydrogens (tertiary/aromatic N) is 2. The van der Waals surface area contributed by atoms with Gasteiger partial charge in [-0.15, -0.1) is 11.3 Å². The van der Waals surface area contributed by atoms with E-state index in [1.165, 1.54) is 28.9 Å². The quantitative estimate of drug-likeness (QED) is 0.550. The van der Waals surface area contributed by atoms with Gasteiger partial charge in [-0.05, 0) is 66.8 Å². The largest absolute Gasteiger partial charge is 0.304 e. The molecule has 1 atom stereocenters. The van der Waals surface area contributed by atoms with Crippen molar-refractivity contribution in [3.8, 4) is 0 Å². The van der Waals surface area contributed by atoms with E-state index in [9.17, 15) is 13.2 Å². The fraction of sp³-hybridized carbons (Fsp3) is 0.250. The summed E-state index contributed by atoms with van der Waals surface area (Å²) < 4.78 is 26.8. The molecule has 0 saturated heterocycles. The van der Waals surface area contributed by atoms with Crippen molar-refractivity contribution >= 4 is 64.7 Å². The smallest absolute Gasteiger partial charge is 0.268 e. The van der Waals surface area contributed by atoms with Gasteiger partial charge in [0.1, 0.15) is 0 Å². The molecule has 0 aliphatic carbocycles. The van der Waals surface area contributed by atoms with Crippen molar-refractivity contribution in [2.45, 2.75) is 19.4 Å². The van der Waals surface area contributed by atoms with Crippen LogP contribution in [0.15, 0.2) is 46.9 Å². The number of hydrogen-bond acceptors (Lipinski definition) is 4. The highest BCUT2D eigenvalue weighted by molar-refractivity contribution is 9.10. The molecule has 28 heavy (non-hydrogen) atoms. The fourth-order valence-electron chi connectivity index (χ4n) is 3.55. The molecule has 8 heteroatoms. The first-order valence-electron chi connectivity index (χ1n) is 8.74. The lowest BCUT2D eigenvalue weighted by Crippen LogP contribution is -2.35. The predicted molar refractivity (Wildman–Crippen MR) is 119 cm³/mol. The number of carbonyl (C=O) groups excluding carboxylic acids is 1. The van der Waals surface area contributed by atoms with Crippen molar-refractivity contribution in [1.29, 1.82) is 0 Å². The van der Waals surface area contributed by atoms with Gasteiger partial charge in [-0.25, -0.2) is 8.42 Å². The van der Waals surface area contributed by atoms with E-state index in [1.54, 1.807) is 6.07 Å². The van der Waals surface area contributed by atoms with Gasteiger partial charge in [0.25, 0.3) is 5.91 Å². The molecule has 2 heterocycles. The average Bonchev–Trinajstić information content (AvgIpc) is 3.18. The van der Waals surface area contributed by atoms with E-state index in [0.717, 1.165) is 32.2 Å². The molecule has 0 fully saturated rings. The Balaban J connectivity index is 1.71. The van der Waals surface area contributed by atoms with Crippen molar-refractivity contribution in [2.24, 2.45) is 0 Å². The molecule has 2 aromatic carbocycles. The number of benzene rings is 2. The highest BCUT2D eigenvalue weighted by Gasteiger charge is 2.32. The Morgan fingerprint density at radius 3 is 2.68 bits per heavy atom. The monoisotopic (exact) mass is 478 g/mol. The lowest BCUT2D eigenvalue weighted by atomic mass is 10.1. The zero-order chi connectivity index (χ0) is 20.2. The summed E-state index contributed by atoms with van der Waals surface area (Å²) in [7, 11) is -1.81. The minimum Gasteiger partial charge on any atom is -0.304 e. The second-order valence-electron chi connectivity index (χ2n) is 7.06. The second kappa shape index (κ2) is 6.86. The molecule has 1 aliphatic rings. The molecule has 0 saturated carbocycles. The van der Waals surface area contributed by atoms with Crippen molar-refractivity contribution in [1.82, 2.24) is 0 Å². The van der Waals surface area contributed by atoms with Crippen molar-refractivity contribution < 1.29 is 13.2 Å². The summed E-state index contributed by atoms with van der Waals surface area (Å²) in [6.07, 6.45) is 2.00. The number of carbonyl (C=O) groups is 1. The Bertz CT molecular complexity index is 1200. The standard InChI is InChI=1S/C20H19BrN2O3S2/c1-12-8-13-9-15(21)4-6-17(13)23(12)20(24)19-11-14-10-16(5-7-18(14)27-19)22(2)28(3,25)26/h4-7,9-12H,8H2,1-3H3/t12-/m1/s1. The molecule has 5 nitrogen and oxygen atoms in total. The number of amides is 1. The van der Waals surface area contributed by atoms with Crippen molar-refractivity contribution in [3.63, 3.8) is 0 Å². The van der Waals surface area contributed by atoms with Crippen LogP contribution in [0.2, 0.25) is 0 Å². The summed E-state index contributed by atoms with van der Waals surface area (Å²) in [6.45, 7) is 2.05. The van der Waals surface area contributed by atoms with E-state index in [4.69, 9.17) is 0 Å². The maximum absolute atomic E-state index is 13.3. The summed E-state index contributed by atoms with van der Waals surface area (Å²) in [6, 6.07) is 13.4. The first-order valence-corrected chi connectivity index (χ1v) is 12.2. The minimum absolute atomic E-state index is 0.0206. The lowest BCUT2D eigenvalue weighted by molar-refractivity contribution is 0.0985. The molecule has 1 aliphatic heterocycles. The zero-order valence-electron chi connectivity index (χ0n) is 15.6. The molecule has 1 amide bonds. The third-order valence-electron chi connectivity index (χ3n) is 5.05. The van der Waals surface area contributed by atoms with Gasteiger partial charge in [-0.3, -0.25) is 9.10 Å². The van der Waals surface area contributed by atoms with E-state index in [0.29, 0.717) is 10.6 Å². The molecule has 4 rings (SSSR count). The molecule has 0 unspecified atom stereocenters. The van der Waals surface area contributed by atoms with E-state index in [1.807, 2.05) is 35.2 Å². The van der Waals surface area contributed by atoms with Crippen LogP contribution in [0.4, 0.5) is 11.4 Å². The van der Waals surface area contributed by atoms with Gasteiger partial charge in [0.05, 0.1) is 16.8 Å². The number of hydrogen-bond donors (Lipinski definition) is 0. The number of thiophene rings is 1. The highest BCUT2D eigenvalue weighted by Crippen LogP contribution is 2.37. The van der Waals surface area contributed by atoms with Gasteiger partial charge in [0.2, 0.25) is 10.0 Å².